The highest BCUT2D eigenvalue weighted by Gasteiger charge is 2.39. The number of likely N-dealkylation sites (tertiary alicyclic amines) is 1. The molecule has 5 nitrogen and oxygen atoms in total. The fourth-order valence-corrected chi connectivity index (χ4v) is 4.24. The molecule has 1 aliphatic heterocycles. The second kappa shape index (κ2) is 6.06. The lowest BCUT2D eigenvalue weighted by Gasteiger charge is -2.25. The van der Waals surface area contributed by atoms with Gasteiger partial charge in [-0.25, -0.2) is 0 Å². The Morgan fingerprint density at radius 2 is 1.88 bits per heavy atom. The topological polar surface area (TPSA) is 50.2 Å². The molecule has 2 aliphatic rings. The monoisotopic (exact) mass is 324 g/mol. The summed E-state index contributed by atoms with van der Waals surface area (Å²) in [5, 5.41) is 7.99. The first-order valence-electron chi connectivity index (χ1n) is 8.66. The van der Waals surface area contributed by atoms with Crippen molar-refractivity contribution in [3.63, 3.8) is 0 Å². The number of fused-ring (bicyclic) bond motifs is 1. The van der Waals surface area contributed by atoms with E-state index >= 15 is 0 Å². The van der Waals surface area contributed by atoms with Crippen molar-refractivity contribution in [2.24, 2.45) is 13.0 Å². The molecule has 1 amide bonds. The van der Waals surface area contributed by atoms with Crippen LogP contribution in [0.1, 0.15) is 29.2 Å². The summed E-state index contributed by atoms with van der Waals surface area (Å²) >= 11 is 0. The summed E-state index contributed by atoms with van der Waals surface area (Å²) in [5.74, 6) is 0.528. The number of hydrogen-bond donors (Lipinski definition) is 1. The highest BCUT2D eigenvalue weighted by atomic mass is 16.2. The Hall–Kier alpha value is -2.14. The number of carbonyl (C=O) groups excluding carboxylic acids is 1. The first-order chi connectivity index (χ1) is 11.6. The highest BCUT2D eigenvalue weighted by molar-refractivity contribution is 5.79. The van der Waals surface area contributed by atoms with Crippen LogP contribution in [0.15, 0.2) is 36.7 Å². The summed E-state index contributed by atoms with van der Waals surface area (Å²) < 4.78 is 1.81. The SMILES string of the molecule is CN1C(=O)C[C@@H](CNC2Cc3ccccc3C2)[C@@H]1c1cnn(C)c1. The summed E-state index contributed by atoms with van der Waals surface area (Å²) in [6.07, 6.45) is 6.70. The molecule has 1 aromatic carbocycles. The van der Waals surface area contributed by atoms with Crippen LogP contribution < -0.4 is 5.32 Å². The van der Waals surface area contributed by atoms with E-state index in [1.54, 1.807) is 0 Å². The molecule has 2 heterocycles. The quantitative estimate of drug-likeness (QED) is 0.931. The van der Waals surface area contributed by atoms with Gasteiger partial charge in [0.1, 0.15) is 0 Å². The average Bonchev–Trinajstić information content (AvgIpc) is 3.24. The van der Waals surface area contributed by atoms with Gasteiger partial charge < -0.3 is 10.2 Å². The smallest absolute Gasteiger partial charge is 0.223 e. The molecule has 2 atom stereocenters. The highest BCUT2D eigenvalue weighted by Crippen LogP contribution is 2.36. The van der Waals surface area contributed by atoms with E-state index < -0.39 is 0 Å². The molecule has 0 unspecified atom stereocenters. The number of rotatable bonds is 4. The standard InChI is InChI=1S/C19H24N4O/c1-22-12-16(11-21-22)19-15(9-18(24)23(19)2)10-20-17-7-13-5-3-4-6-14(13)8-17/h3-6,11-12,15,17,19-20H,7-10H2,1-2H3/t15-,19+/m0/s1. The van der Waals surface area contributed by atoms with Crippen LogP contribution in [0.2, 0.25) is 0 Å². The van der Waals surface area contributed by atoms with Crippen LogP contribution in [0, 0.1) is 5.92 Å². The van der Waals surface area contributed by atoms with Crippen molar-refractivity contribution >= 4 is 5.91 Å². The normalized spacial score (nSPS) is 23.9. The van der Waals surface area contributed by atoms with Gasteiger partial charge in [-0.15, -0.1) is 0 Å². The van der Waals surface area contributed by atoms with Gasteiger partial charge in [0, 0.05) is 50.8 Å². The third kappa shape index (κ3) is 2.73. The molecule has 2 aromatic rings. The molecule has 1 N–H and O–H groups in total. The van der Waals surface area contributed by atoms with Gasteiger partial charge in [-0.1, -0.05) is 24.3 Å². The van der Waals surface area contributed by atoms with Crippen LogP contribution in [-0.2, 0) is 24.7 Å². The van der Waals surface area contributed by atoms with Crippen molar-refractivity contribution in [2.45, 2.75) is 31.3 Å². The largest absolute Gasteiger partial charge is 0.338 e. The number of nitrogens with zero attached hydrogens (tertiary/aromatic N) is 3. The van der Waals surface area contributed by atoms with E-state index in [0.717, 1.165) is 24.9 Å². The molecule has 4 rings (SSSR count). The molecule has 0 radical (unpaired) electrons. The van der Waals surface area contributed by atoms with E-state index in [9.17, 15) is 4.79 Å². The number of aromatic nitrogens is 2. The van der Waals surface area contributed by atoms with Gasteiger partial charge in [0.15, 0.2) is 0 Å². The average molecular weight is 324 g/mol. The number of benzene rings is 1. The molecule has 24 heavy (non-hydrogen) atoms. The van der Waals surface area contributed by atoms with Crippen LogP contribution in [-0.4, -0.2) is 40.2 Å². The fourth-order valence-electron chi connectivity index (χ4n) is 4.24. The third-order valence-electron chi connectivity index (χ3n) is 5.48. The van der Waals surface area contributed by atoms with Gasteiger partial charge in [0.2, 0.25) is 5.91 Å². The summed E-state index contributed by atoms with van der Waals surface area (Å²) in [7, 11) is 3.83. The maximum absolute atomic E-state index is 12.2. The second-order valence-electron chi connectivity index (χ2n) is 7.14. The Balaban J connectivity index is 1.43. The molecule has 5 heteroatoms. The minimum atomic E-state index is 0.127. The Morgan fingerprint density at radius 1 is 1.17 bits per heavy atom. The lowest BCUT2D eigenvalue weighted by atomic mass is 9.95. The predicted molar refractivity (Wildman–Crippen MR) is 92.5 cm³/mol. The van der Waals surface area contributed by atoms with Crippen LogP contribution in [0.3, 0.4) is 0 Å². The molecule has 0 saturated carbocycles. The Morgan fingerprint density at radius 3 is 2.50 bits per heavy atom. The first-order valence-corrected chi connectivity index (χ1v) is 8.66. The lowest BCUT2D eigenvalue weighted by Crippen LogP contribution is -2.35. The zero-order valence-corrected chi connectivity index (χ0v) is 14.3. The number of carbonyl (C=O) groups is 1. The van der Waals surface area contributed by atoms with Crippen LogP contribution in [0.25, 0.3) is 0 Å². The molecular formula is C19H24N4O. The number of aryl methyl sites for hydroxylation is 1. The van der Waals surface area contributed by atoms with Crippen molar-refractivity contribution in [3.8, 4) is 0 Å². The minimum absolute atomic E-state index is 0.127. The summed E-state index contributed by atoms with van der Waals surface area (Å²) in [4.78, 5) is 14.1. The maximum atomic E-state index is 12.2. The zero-order valence-electron chi connectivity index (χ0n) is 14.3. The van der Waals surface area contributed by atoms with Crippen LogP contribution >= 0.6 is 0 Å². The fraction of sp³-hybridized carbons (Fsp3) is 0.474. The number of hydrogen-bond acceptors (Lipinski definition) is 3. The molecule has 1 fully saturated rings. The Bertz CT molecular complexity index is 728. The van der Waals surface area contributed by atoms with Crippen LogP contribution in [0.5, 0.6) is 0 Å². The van der Waals surface area contributed by atoms with E-state index in [0.29, 0.717) is 18.4 Å². The van der Waals surface area contributed by atoms with E-state index in [1.165, 1.54) is 11.1 Å². The summed E-state index contributed by atoms with van der Waals surface area (Å²) in [6.45, 7) is 0.869. The number of amides is 1. The van der Waals surface area contributed by atoms with Crippen LogP contribution in [0.4, 0.5) is 0 Å². The van der Waals surface area contributed by atoms with Crippen molar-refractivity contribution < 1.29 is 4.79 Å². The molecule has 1 aromatic heterocycles. The molecule has 1 aliphatic carbocycles. The van der Waals surface area contributed by atoms with Gasteiger partial charge in [0.05, 0.1) is 12.2 Å². The summed E-state index contributed by atoms with van der Waals surface area (Å²) in [5.41, 5.74) is 4.05. The van der Waals surface area contributed by atoms with E-state index in [2.05, 4.69) is 34.7 Å². The van der Waals surface area contributed by atoms with Gasteiger partial charge in [-0.05, 0) is 24.0 Å². The third-order valence-corrected chi connectivity index (χ3v) is 5.48. The van der Waals surface area contributed by atoms with Crippen molar-refractivity contribution in [3.05, 3.63) is 53.3 Å². The predicted octanol–water partition coefficient (Wildman–Crippen LogP) is 1.70. The Kier molecular flexibility index (Phi) is 3.88. The number of nitrogens with one attached hydrogen (secondary N) is 1. The summed E-state index contributed by atoms with van der Waals surface area (Å²) in [6, 6.07) is 9.29. The maximum Gasteiger partial charge on any atom is 0.223 e. The zero-order chi connectivity index (χ0) is 16.7. The molecule has 0 spiro atoms. The molecule has 1 saturated heterocycles. The van der Waals surface area contributed by atoms with E-state index in [-0.39, 0.29) is 11.9 Å². The van der Waals surface area contributed by atoms with Crippen molar-refractivity contribution in [2.75, 3.05) is 13.6 Å². The lowest BCUT2D eigenvalue weighted by molar-refractivity contribution is -0.127. The molecule has 0 bridgehead atoms. The first kappa shape index (κ1) is 15.4. The van der Waals surface area contributed by atoms with E-state index in [1.807, 2.05) is 36.1 Å². The van der Waals surface area contributed by atoms with Gasteiger partial charge in [-0.2, -0.15) is 5.10 Å². The van der Waals surface area contributed by atoms with Gasteiger partial charge >= 0.3 is 0 Å². The van der Waals surface area contributed by atoms with Gasteiger partial charge in [0.25, 0.3) is 0 Å². The Labute approximate surface area is 142 Å². The van der Waals surface area contributed by atoms with E-state index in [4.69, 9.17) is 0 Å². The molecular weight excluding hydrogens is 300 g/mol. The molecule has 126 valence electrons. The van der Waals surface area contributed by atoms with Crippen molar-refractivity contribution in [1.29, 1.82) is 0 Å². The minimum Gasteiger partial charge on any atom is -0.338 e. The van der Waals surface area contributed by atoms with Gasteiger partial charge in [-0.3, -0.25) is 9.48 Å². The van der Waals surface area contributed by atoms with Crippen molar-refractivity contribution in [1.82, 2.24) is 20.0 Å². The second-order valence-corrected chi connectivity index (χ2v) is 7.14.